The first-order chi connectivity index (χ1) is 21.5. The van der Waals surface area contributed by atoms with Gasteiger partial charge in [-0.2, -0.15) is 0 Å². The van der Waals surface area contributed by atoms with Crippen LogP contribution in [0.25, 0.3) is 72.3 Å². The summed E-state index contributed by atoms with van der Waals surface area (Å²) in [6.07, 6.45) is 0. The number of aromatic nitrogens is 2. The molecule has 2 aromatic heterocycles. The van der Waals surface area contributed by atoms with Crippen molar-refractivity contribution < 1.29 is 5.79 Å². The first-order valence-electron chi connectivity index (χ1n) is 15.1. The maximum Gasteiger partial charge on any atom is 0.149 e. The molecule has 0 amide bonds. The normalized spacial score (nSPS) is 12.3. The zero-order valence-corrected chi connectivity index (χ0v) is 24.1. The molecule has 8 rings (SSSR count). The lowest BCUT2D eigenvalue weighted by molar-refractivity contribution is 0.669. The molecule has 0 atom stereocenters. The fourth-order valence-corrected chi connectivity index (χ4v) is 6.18. The van der Waals surface area contributed by atoms with Gasteiger partial charge in [-0.25, -0.2) is 4.98 Å². The van der Waals surface area contributed by atoms with Gasteiger partial charge in [0.2, 0.25) is 0 Å². The third-order valence-corrected chi connectivity index (χ3v) is 8.29. The molecule has 2 heterocycles. The van der Waals surface area contributed by atoms with Gasteiger partial charge in [0.25, 0.3) is 0 Å². The average Bonchev–Trinajstić information content (AvgIpc) is 3.63. The predicted octanol–water partition coefficient (Wildman–Crippen LogP) is 11.0. The van der Waals surface area contributed by atoms with E-state index in [-0.39, 0.29) is 0 Å². The van der Waals surface area contributed by atoms with E-state index in [0.29, 0.717) is 0 Å². The Kier molecular flexibility index (Phi) is 5.71. The van der Waals surface area contributed by atoms with Crippen LogP contribution in [0.2, 0.25) is 0 Å². The van der Waals surface area contributed by atoms with Crippen molar-refractivity contribution in [1.29, 1.82) is 0 Å². The van der Waals surface area contributed by atoms with E-state index < -0.39 is 5.89 Å². The zero-order valence-electron chi connectivity index (χ0n) is 25.1. The van der Waals surface area contributed by atoms with Gasteiger partial charge in [0.05, 0.1) is 22.3 Å². The maximum absolute atomic E-state index is 9.20. The number of rotatable bonds is 5. The van der Waals surface area contributed by atoms with Crippen molar-refractivity contribution in [2.75, 3.05) is 0 Å². The average molecular weight is 556 g/mol. The van der Waals surface area contributed by atoms with Gasteiger partial charge in [-0.1, -0.05) is 111 Å². The van der Waals surface area contributed by atoms with Crippen LogP contribution in [0.15, 0.2) is 144 Å². The summed E-state index contributed by atoms with van der Waals surface area (Å²) in [7, 11) is 0. The summed E-state index contributed by atoms with van der Waals surface area (Å²) >= 11 is 0. The molecule has 0 saturated carbocycles. The minimum atomic E-state index is -0.859. The number of nitrogens with zero attached hydrogens (tertiary/aromatic N) is 2. The van der Waals surface area contributed by atoms with Crippen molar-refractivity contribution >= 4 is 33.0 Å². The fourth-order valence-electron chi connectivity index (χ4n) is 6.18. The first-order valence-corrected chi connectivity index (χ1v) is 14.6. The van der Waals surface area contributed by atoms with Crippen LogP contribution in [0.3, 0.4) is 0 Å². The molecule has 3 nitrogen and oxygen atoms in total. The Balaban J connectivity index is 1.38. The molecule has 0 saturated heterocycles. The van der Waals surface area contributed by atoms with Crippen molar-refractivity contribution in [3.8, 4) is 39.3 Å². The van der Waals surface area contributed by atoms with Crippen LogP contribution in [0.5, 0.6) is 0 Å². The van der Waals surface area contributed by atoms with Crippen molar-refractivity contribution in [3.63, 3.8) is 0 Å². The Labute approximate surface area is 252 Å². The third kappa shape index (κ3) is 4.24. The third-order valence-electron chi connectivity index (χ3n) is 8.29. The lowest BCUT2D eigenvalue weighted by Gasteiger charge is -2.18. The Morgan fingerprint density at radius 1 is 0.628 bits per heavy atom. The second-order valence-electron chi connectivity index (χ2n) is 11.2. The summed E-state index contributed by atoms with van der Waals surface area (Å²) in [5, 5.41) is 2.13. The van der Waals surface area contributed by atoms with E-state index in [2.05, 4.69) is 102 Å². The van der Waals surface area contributed by atoms with Crippen molar-refractivity contribution in [3.05, 3.63) is 145 Å². The molecule has 0 radical (unpaired) electrons. The largest absolute Gasteiger partial charge is 0.455 e. The first kappa shape index (κ1) is 24.2. The van der Waals surface area contributed by atoms with Crippen LogP contribution in [0, 0.1) is 0 Å². The number of fused-ring (bicyclic) bond motifs is 4. The van der Waals surface area contributed by atoms with Gasteiger partial charge in [-0.3, -0.25) is 4.57 Å². The molecule has 3 heteroatoms. The van der Waals surface area contributed by atoms with E-state index in [4.69, 9.17) is 9.40 Å². The number of para-hydroxylation sites is 3. The van der Waals surface area contributed by atoms with Gasteiger partial charge < -0.3 is 4.42 Å². The monoisotopic (exact) mass is 555 g/mol. The number of imidazole rings is 1. The second-order valence-corrected chi connectivity index (χ2v) is 11.2. The minimum Gasteiger partial charge on any atom is -0.455 e. The van der Waals surface area contributed by atoms with Gasteiger partial charge in [-0.15, -0.1) is 0 Å². The van der Waals surface area contributed by atoms with E-state index >= 15 is 0 Å². The summed E-state index contributed by atoms with van der Waals surface area (Å²) in [5.41, 5.74) is 10.8. The minimum absolute atomic E-state index is 0.789. The van der Waals surface area contributed by atoms with Crippen LogP contribution < -0.4 is 0 Å². The molecular formula is C40H30N2O. The van der Waals surface area contributed by atoms with Gasteiger partial charge in [0.15, 0.2) is 0 Å². The molecule has 0 unspecified atom stereocenters. The van der Waals surface area contributed by atoms with Crippen molar-refractivity contribution in [2.24, 2.45) is 0 Å². The van der Waals surface area contributed by atoms with Gasteiger partial charge >= 0.3 is 0 Å². The SMILES string of the molecule is [2H]C(C)(C)c1cc(-c2ccccc2)ccc1-n1c(-c2cccc3c2oc2cc(-c4ccccc4)ccc23)nc2ccccc21. The fraction of sp³-hybridized carbons (Fsp3) is 0.0750. The van der Waals surface area contributed by atoms with Crippen LogP contribution in [0.4, 0.5) is 0 Å². The van der Waals surface area contributed by atoms with Gasteiger partial charge in [0.1, 0.15) is 17.0 Å². The highest BCUT2D eigenvalue weighted by Crippen LogP contribution is 2.40. The van der Waals surface area contributed by atoms with E-state index in [1.54, 1.807) is 0 Å². The lowest BCUT2D eigenvalue weighted by Crippen LogP contribution is -2.04. The summed E-state index contributed by atoms with van der Waals surface area (Å²) in [6.45, 7) is 3.90. The zero-order chi connectivity index (χ0) is 29.8. The molecular weight excluding hydrogens is 524 g/mol. The molecule has 0 N–H and O–H groups in total. The van der Waals surface area contributed by atoms with E-state index in [1.165, 1.54) is 0 Å². The molecule has 0 aliphatic rings. The van der Waals surface area contributed by atoms with Crippen molar-refractivity contribution in [1.82, 2.24) is 9.55 Å². The van der Waals surface area contributed by atoms with Crippen LogP contribution >= 0.6 is 0 Å². The number of benzene rings is 6. The summed E-state index contributed by atoms with van der Waals surface area (Å²) in [4.78, 5) is 5.19. The topological polar surface area (TPSA) is 31.0 Å². The molecule has 0 fully saturated rings. The molecule has 0 aliphatic carbocycles. The molecule has 0 spiro atoms. The van der Waals surface area contributed by atoms with E-state index in [1.807, 2.05) is 56.3 Å². The highest BCUT2D eigenvalue weighted by Gasteiger charge is 2.22. The van der Waals surface area contributed by atoms with Gasteiger partial charge in [0, 0.05) is 12.1 Å². The standard InChI is InChI=1S/C40H30N2O/c1-26(2)34-24-29(27-12-5-3-6-13-27)21-23-36(34)42-37-19-10-9-18-35(37)41-40(42)33-17-11-16-32-31-22-20-30(25-38(31)43-39(32)33)28-14-7-4-8-15-28/h3-26H,1-2H3/i26D. The molecule has 0 bridgehead atoms. The van der Waals surface area contributed by atoms with E-state index in [9.17, 15) is 1.37 Å². The Hall–Kier alpha value is -5.41. The van der Waals surface area contributed by atoms with Crippen LogP contribution in [0.1, 0.15) is 26.7 Å². The molecule has 8 aromatic rings. The molecule has 0 aliphatic heterocycles. The molecule has 206 valence electrons. The predicted molar refractivity (Wildman–Crippen MR) is 179 cm³/mol. The number of furan rings is 1. The molecule has 43 heavy (non-hydrogen) atoms. The van der Waals surface area contributed by atoms with E-state index in [0.717, 1.165) is 77.9 Å². The maximum atomic E-state index is 9.20. The molecule has 6 aromatic carbocycles. The number of hydrogen-bond donors (Lipinski definition) is 0. The van der Waals surface area contributed by atoms with Crippen LogP contribution in [-0.4, -0.2) is 9.55 Å². The Bertz CT molecular complexity index is 2310. The quantitative estimate of drug-likeness (QED) is 0.211. The van der Waals surface area contributed by atoms with Crippen molar-refractivity contribution in [2.45, 2.75) is 19.7 Å². The summed E-state index contributed by atoms with van der Waals surface area (Å²) < 4.78 is 18.1. The second kappa shape index (κ2) is 10.1. The highest BCUT2D eigenvalue weighted by atomic mass is 16.3. The highest BCUT2D eigenvalue weighted by molar-refractivity contribution is 6.10. The summed E-state index contributed by atoms with van der Waals surface area (Å²) in [6, 6.07) is 48.1. The Morgan fingerprint density at radius 3 is 2.05 bits per heavy atom. The Morgan fingerprint density at radius 2 is 1.30 bits per heavy atom. The summed E-state index contributed by atoms with van der Waals surface area (Å²) in [5.74, 6) is -0.0702. The number of hydrogen-bond acceptors (Lipinski definition) is 2. The smallest absolute Gasteiger partial charge is 0.149 e. The van der Waals surface area contributed by atoms with Crippen LogP contribution in [-0.2, 0) is 0 Å². The van der Waals surface area contributed by atoms with Gasteiger partial charge in [-0.05, 0) is 76.2 Å². The lowest BCUT2D eigenvalue weighted by atomic mass is 9.95.